The van der Waals surface area contributed by atoms with Crippen LogP contribution in [0.1, 0.15) is 15.9 Å². The molecule has 0 bridgehead atoms. The number of carbonyl (C=O) groups is 1. The number of hydrogen-bond donors (Lipinski definition) is 5. The lowest BCUT2D eigenvalue weighted by atomic mass is 10.1. The molecule has 0 spiro atoms. The average molecular weight is 299 g/mol. The monoisotopic (exact) mass is 299 g/mol. The van der Waals surface area contributed by atoms with Gasteiger partial charge in [0, 0.05) is 35.3 Å². The molecule has 0 fully saturated rings. The van der Waals surface area contributed by atoms with E-state index in [1.807, 2.05) is 0 Å². The van der Waals surface area contributed by atoms with Gasteiger partial charge < -0.3 is 26.3 Å². The molecule has 6 nitrogen and oxygen atoms in total. The Hall–Kier alpha value is -2.86. The van der Waals surface area contributed by atoms with Crippen molar-refractivity contribution in [2.75, 3.05) is 18.5 Å². The van der Waals surface area contributed by atoms with Gasteiger partial charge in [-0.2, -0.15) is 0 Å². The lowest BCUT2D eigenvalue weighted by molar-refractivity contribution is 0.0945. The third-order valence-electron chi connectivity index (χ3n) is 2.99. The molecule has 0 atom stereocenters. The minimum atomic E-state index is -0.268. The number of phenols is 1. The second-order valence-electron chi connectivity index (χ2n) is 4.60. The van der Waals surface area contributed by atoms with E-state index < -0.39 is 0 Å². The molecule has 0 aliphatic heterocycles. The van der Waals surface area contributed by atoms with E-state index in [-0.39, 0.29) is 24.8 Å². The lowest BCUT2D eigenvalue weighted by Gasteiger charge is -2.11. The van der Waals surface area contributed by atoms with E-state index in [4.69, 9.17) is 10.5 Å². The van der Waals surface area contributed by atoms with Crippen molar-refractivity contribution in [2.24, 2.45) is 0 Å². The van der Waals surface area contributed by atoms with Crippen molar-refractivity contribution in [2.45, 2.75) is 0 Å². The topological polar surface area (TPSA) is 105 Å². The number of aromatic hydroxyl groups is 1. The number of phenolic OH excluding ortho intramolecular Hbond substituents is 1. The number of aliphatic hydroxyl groups excluding tert-OH is 1. The third-order valence-corrected chi connectivity index (χ3v) is 2.99. The van der Waals surface area contributed by atoms with E-state index >= 15 is 0 Å². The van der Waals surface area contributed by atoms with Crippen molar-refractivity contribution in [1.29, 1.82) is 5.41 Å². The minimum Gasteiger partial charge on any atom is -0.508 e. The quantitative estimate of drug-likeness (QED) is 0.414. The van der Waals surface area contributed by atoms with Crippen LogP contribution in [0.4, 0.5) is 11.4 Å². The first kappa shape index (κ1) is 15.5. The molecule has 0 aromatic heterocycles. The van der Waals surface area contributed by atoms with Crippen molar-refractivity contribution in [3.8, 4) is 5.75 Å². The Kier molecular flexibility index (Phi) is 5.11. The van der Waals surface area contributed by atoms with Gasteiger partial charge in [0.25, 0.3) is 5.91 Å². The second-order valence-corrected chi connectivity index (χ2v) is 4.60. The van der Waals surface area contributed by atoms with Gasteiger partial charge in [-0.1, -0.05) is 6.07 Å². The van der Waals surface area contributed by atoms with Crippen LogP contribution in [0.2, 0.25) is 0 Å². The standard InChI is InChI=1S/C16H17N3O3/c17-10-12-9-14(21)4-5-15(12)19-13-3-1-2-11(8-13)16(22)18-6-7-20/h1-5,8-10,17,19-21H,6-7H2,(H,18,22). The first-order chi connectivity index (χ1) is 10.6. The number of carbonyl (C=O) groups excluding carboxylic acids is 1. The van der Waals surface area contributed by atoms with Crippen LogP contribution in [-0.4, -0.2) is 35.5 Å². The van der Waals surface area contributed by atoms with Crippen LogP contribution in [0.5, 0.6) is 5.75 Å². The second kappa shape index (κ2) is 7.24. The summed E-state index contributed by atoms with van der Waals surface area (Å²) >= 11 is 0. The van der Waals surface area contributed by atoms with Gasteiger partial charge in [0.15, 0.2) is 0 Å². The zero-order chi connectivity index (χ0) is 15.9. The van der Waals surface area contributed by atoms with Gasteiger partial charge in [-0.3, -0.25) is 4.79 Å². The van der Waals surface area contributed by atoms with E-state index in [0.717, 1.165) is 6.21 Å². The fourth-order valence-electron chi connectivity index (χ4n) is 1.95. The summed E-state index contributed by atoms with van der Waals surface area (Å²) in [5.74, 6) is -0.183. The number of benzene rings is 2. The summed E-state index contributed by atoms with van der Waals surface area (Å²) < 4.78 is 0. The zero-order valence-corrected chi connectivity index (χ0v) is 11.8. The highest BCUT2D eigenvalue weighted by molar-refractivity contribution is 5.95. The number of aliphatic hydroxyl groups is 1. The normalized spacial score (nSPS) is 10.0. The first-order valence-corrected chi connectivity index (χ1v) is 6.73. The molecule has 0 aliphatic rings. The summed E-state index contributed by atoms with van der Waals surface area (Å²) in [6.45, 7) is 0.0896. The molecular weight excluding hydrogens is 282 g/mol. The van der Waals surface area contributed by atoms with Gasteiger partial charge >= 0.3 is 0 Å². The van der Waals surface area contributed by atoms with Crippen LogP contribution < -0.4 is 10.6 Å². The molecule has 2 rings (SSSR count). The number of rotatable bonds is 6. The molecule has 0 heterocycles. The summed E-state index contributed by atoms with van der Waals surface area (Å²) in [6.07, 6.45) is 1.14. The Balaban J connectivity index is 2.20. The summed E-state index contributed by atoms with van der Waals surface area (Å²) in [5, 5.41) is 31.2. The molecule has 22 heavy (non-hydrogen) atoms. The Morgan fingerprint density at radius 1 is 1.23 bits per heavy atom. The van der Waals surface area contributed by atoms with Crippen LogP contribution in [0.3, 0.4) is 0 Å². The number of anilines is 2. The largest absolute Gasteiger partial charge is 0.508 e. The van der Waals surface area contributed by atoms with E-state index in [9.17, 15) is 9.90 Å². The highest BCUT2D eigenvalue weighted by Crippen LogP contribution is 2.24. The van der Waals surface area contributed by atoms with Gasteiger partial charge in [0.2, 0.25) is 0 Å². The Morgan fingerprint density at radius 3 is 2.77 bits per heavy atom. The maximum Gasteiger partial charge on any atom is 0.251 e. The summed E-state index contributed by atoms with van der Waals surface area (Å²) in [5.41, 5.74) is 2.34. The number of amides is 1. The molecule has 0 saturated carbocycles. The fourth-order valence-corrected chi connectivity index (χ4v) is 1.95. The predicted molar refractivity (Wildman–Crippen MR) is 85.1 cm³/mol. The Labute approximate surface area is 127 Å². The summed E-state index contributed by atoms with van der Waals surface area (Å²) in [6, 6.07) is 11.5. The van der Waals surface area contributed by atoms with Crippen molar-refractivity contribution < 1.29 is 15.0 Å². The van der Waals surface area contributed by atoms with Gasteiger partial charge in [-0.05, 0) is 36.4 Å². The summed E-state index contributed by atoms with van der Waals surface area (Å²) in [4.78, 5) is 11.9. The maximum atomic E-state index is 11.9. The molecule has 5 N–H and O–H groups in total. The van der Waals surface area contributed by atoms with E-state index in [2.05, 4.69) is 10.6 Å². The third kappa shape index (κ3) is 3.83. The van der Waals surface area contributed by atoms with Crippen LogP contribution >= 0.6 is 0 Å². The number of nitrogens with one attached hydrogen (secondary N) is 3. The van der Waals surface area contributed by atoms with Crippen LogP contribution in [-0.2, 0) is 0 Å². The maximum absolute atomic E-state index is 11.9. The molecule has 0 unspecified atom stereocenters. The van der Waals surface area contributed by atoms with Crippen LogP contribution in [0, 0.1) is 5.41 Å². The molecule has 6 heteroatoms. The van der Waals surface area contributed by atoms with E-state index in [0.29, 0.717) is 22.5 Å². The molecular formula is C16H17N3O3. The fraction of sp³-hybridized carbons (Fsp3) is 0.125. The van der Waals surface area contributed by atoms with Crippen LogP contribution in [0.25, 0.3) is 0 Å². The molecule has 1 amide bonds. The van der Waals surface area contributed by atoms with Crippen molar-refractivity contribution in [1.82, 2.24) is 5.32 Å². The lowest BCUT2D eigenvalue weighted by Crippen LogP contribution is -2.26. The average Bonchev–Trinajstić information content (AvgIpc) is 2.54. The van der Waals surface area contributed by atoms with E-state index in [1.54, 1.807) is 30.3 Å². The number of hydrogen-bond acceptors (Lipinski definition) is 5. The van der Waals surface area contributed by atoms with Gasteiger partial charge in [0.1, 0.15) is 5.75 Å². The van der Waals surface area contributed by atoms with Gasteiger partial charge in [0.05, 0.1) is 6.61 Å². The highest BCUT2D eigenvalue weighted by Gasteiger charge is 2.07. The van der Waals surface area contributed by atoms with E-state index in [1.165, 1.54) is 12.1 Å². The molecule has 0 aliphatic carbocycles. The molecule has 0 radical (unpaired) electrons. The Bertz CT molecular complexity index is 686. The molecule has 0 saturated heterocycles. The SMILES string of the molecule is N=Cc1cc(O)ccc1Nc1cccc(C(=O)NCCO)c1. The molecule has 2 aromatic carbocycles. The van der Waals surface area contributed by atoms with Crippen LogP contribution in [0.15, 0.2) is 42.5 Å². The van der Waals surface area contributed by atoms with Crippen molar-refractivity contribution >= 4 is 23.5 Å². The van der Waals surface area contributed by atoms with Crippen molar-refractivity contribution in [3.05, 3.63) is 53.6 Å². The Morgan fingerprint density at radius 2 is 2.05 bits per heavy atom. The highest BCUT2D eigenvalue weighted by atomic mass is 16.3. The van der Waals surface area contributed by atoms with Gasteiger partial charge in [-0.25, -0.2) is 0 Å². The molecule has 2 aromatic rings. The molecule has 114 valence electrons. The van der Waals surface area contributed by atoms with Gasteiger partial charge in [-0.15, -0.1) is 0 Å². The smallest absolute Gasteiger partial charge is 0.251 e. The first-order valence-electron chi connectivity index (χ1n) is 6.73. The minimum absolute atomic E-state index is 0.0844. The van der Waals surface area contributed by atoms with Crippen molar-refractivity contribution in [3.63, 3.8) is 0 Å². The zero-order valence-electron chi connectivity index (χ0n) is 11.8. The summed E-state index contributed by atoms with van der Waals surface area (Å²) in [7, 11) is 0. The predicted octanol–water partition coefficient (Wildman–Crippen LogP) is 1.86.